The second-order valence-corrected chi connectivity index (χ2v) is 3.80. The van der Waals surface area contributed by atoms with Crippen LogP contribution in [0.25, 0.3) is 10.9 Å². The smallest absolute Gasteiger partial charge is 0.345 e. The summed E-state index contributed by atoms with van der Waals surface area (Å²) in [6, 6.07) is 5.66. The molecule has 4 heteroatoms. The van der Waals surface area contributed by atoms with E-state index in [2.05, 4.69) is 0 Å². The molecule has 1 nitrogen and oxygen atoms in total. The molecule has 0 unspecified atom stereocenters. The van der Waals surface area contributed by atoms with Gasteiger partial charge in [-0.3, -0.25) is 0 Å². The molecule has 0 aliphatic heterocycles. The summed E-state index contributed by atoms with van der Waals surface area (Å²) in [5, 5.41) is 0.647. The largest absolute Gasteiger partial charge is 0.416 e. The van der Waals surface area contributed by atoms with E-state index in [0.717, 1.165) is 23.8 Å². The molecule has 0 atom stereocenters. The molecular weight excluding hydrogens is 215 g/mol. The van der Waals surface area contributed by atoms with Crippen LogP contribution >= 0.6 is 0 Å². The first-order chi connectivity index (χ1) is 7.43. The van der Waals surface area contributed by atoms with Gasteiger partial charge in [0.2, 0.25) is 0 Å². The van der Waals surface area contributed by atoms with Crippen molar-refractivity contribution in [3.05, 3.63) is 35.5 Å². The van der Waals surface area contributed by atoms with Crippen molar-refractivity contribution >= 4 is 10.9 Å². The molecule has 0 aliphatic rings. The van der Waals surface area contributed by atoms with E-state index >= 15 is 0 Å². The highest BCUT2D eigenvalue weighted by Gasteiger charge is 2.30. The Labute approximate surface area is 91.5 Å². The van der Waals surface area contributed by atoms with E-state index < -0.39 is 11.7 Å². The highest BCUT2D eigenvalue weighted by Crippen LogP contribution is 2.32. The first-order valence-electron chi connectivity index (χ1n) is 5.10. The molecule has 0 spiro atoms. The summed E-state index contributed by atoms with van der Waals surface area (Å²) in [6.45, 7) is 4.64. The van der Waals surface area contributed by atoms with Crippen LogP contribution in [0.3, 0.4) is 0 Å². The van der Waals surface area contributed by atoms with Crippen molar-refractivity contribution in [1.82, 2.24) is 4.57 Å². The minimum Gasteiger partial charge on any atom is -0.345 e. The third-order valence-electron chi connectivity index (χ3n) is 2.75. The maximum atomic E-state index is 12.5. The van der Waals surface area contributed by atoms with Crippen LogP contribution in [-0.2, 0) is 12.7 Å². The van der Waals surface area contributed by atoms with Crippen molar-refractivity contribution in [3.63, 3.8) is 0 Å². The Hall–Kier alpha value is -1.45. The number of hydrogen-bond acceptors (Lipinski definition) is 0. The first kappa shape index (κ1) is 11.0. The summed E-state index contributed by atoms with van der Waals surface area (Å²) >= 11 is 0. The van der Waals surface area contributed by atoms with Gasteiger partial charge >= 0.3 is 6.18 Å². The molecule has 16 heavy (non-hydrogen) atoms. The summed E-state index contributed by atoms with van der Waals surface area (Å²) in [4.78, 5) is 0. The van der Waals surface area contributed by atoms with Gasteiger partial charge in [0.05, 0.1) is 5.56 Å². The minimum absolute atomic E-state index is 0.590. The van der Waals surface area contributed by atoms with E-state index in [4.69, 9.17) is 0 Å². The molecule has 0 bridgehead atoms. The van der Waals surface area contributed by atoms with Gasteiger partial charge in [0.1, 0.15) is 0 Å². The number of nitrogens with zero attached hydrogens (tertiary/aromatic N) is 1. The summed E-state index contributed by atoms with van der Waals surface area (Å²) in [7, 11) is 0. The molecule has 0 saturated carbocycles. The van der Waals surface area contributed by atoms with Crippen LogP contribution in [0.4, 0.5) is 13.2 Å². The van der Waals surface area contributed by atoms with Gasteiger partial charge in [0, 0.05) is 23.1 Å². The summed E-state index contributed by atoms with van der Waals surface area (Å²) in [5.41, 5.74) is 1.25. The highest BCUT2D eigenvalue weighted by molar-refractivity contribution is 5.82. The van der Waals surface area contributed by atoms with Crippen LogP contribution in [0.1, 0.15) is 18.2 Å². The third kappa shape index (κ3) is 1.68. The zero-order chi connectivity index (χ0) is 11.9. The number of rotatable bonds is 1. The van der Waals surface area contributed by atoms with Crippen LogP contribution in [-0.4, -0.2) is 4.57 Å². The number of benzene rings is 1. The fourth-order valence-electron chi connectivity index (χ4n) is 2.00. The van der Waals surface area contributed by atoms with Crippen molar-refractivity contribution in [1.29, 1.82) is 0 Å². The predicted octanol–water partition coefficient (Wildman–Crippen LogP) is 3.99. The lowest BCUT2D eigenvalue weighted by atomic mass is 10.1. The normalized spacial score (nSPS) is 12.3. The molecule has 2 rings (SSSR count). The number of alkyl halides is 3. The topological polar surface area (TPSA) is 4.93 Å². The molecular formula is C12H12F3N. The summed E-state index contributed by atoms with van der Waals surface area (Å²) in [5.74, 6) is 0. The Bertz CT molecular complexity index is 523. The number of hydrogen-bond donors (Lipinski definition) is 0. The summed E-state index contributed by atoms with van der Waals surface area (Å²) < 4.78 is 39.5. The van der Waals surface area contributed by atoms with Crippen molar-refractivity contribution in [3.8, 4) is 0 Å². The Morgan fingerprint density at radius 1 is 1.19 bits per heavy atom. The number of aryl methyl sites for hydroxylation is 2. The van der Waals surface area contributed by atoms with Gasteiger partial charge < -0.3 is 4.57 Å². The van der Waals surface area contributed by atoms with E-state index in [1.54, 1.807) is 6.07 Å². The van der Waals surface area contributed by atoms with E-state index in [1.807, 2.05) is 18.4 Å². The molecule has 0 fully saturated rings. The molecule has 1 heterocycles. The number of fused-ring (bicyclic) bond motifs is 1. The molecule has 0 saturated heterocycles. The molecule has 0 N–H and O–H groups in total. The van der Waals surface area contributed by atoms with Crippen LogP contribution in [0.15, 0.2) is 24.3 Å². The van der Waals surface area contributed by atoms with E-state index in [9.17, 15) is 13.2 Å². The predicted molar refractivity (Wildman–Crippen MR) is 57.4 cm³/mol. The van der Waals surface area contributed by atoms with Crippen LogP contribution < -0.4 is 0 Å². The zero-order valence-corrected chi connectivity index (χ0v) is 9.10. The summed E-state index contributed by atoms with van der Waals surface area (Å²) in [6.07, 6.45) is -4.27. The van der Waals surface area contributed by atoms with E-state index in [0.29, 0.717) is 5.39 Å². The van der Waals surface area contributed by atoms with Gasteiger partial charge in [0.25, 0.3) is 0 Å². The van der Waals surface area contributed by atoms with Crippen molar-refractivity contribution in [2.45, 2.75) is 26.6 Å². The van der Waals surface area contributed by atoms with Crippen LogP contribution in [0, 0.1) is 6.92 Å². The quantitative estimate of drug-likeness (QED) is 0.694. The average Bonchev–Trinajstić information content (AvgIpc) is 2.50. The van der Waals surface area contributed by atoms with Gasteiger partial charge in [-0.2, -0.15) is 13.2 Å². The third-order valence-corrected chi connectivity index (χ3v) is 2.75. The maximum Gasteiger partial charge on any atom is 0.416 e. The fraction of sp³-hybridized carbons (Fsp3) is 0.333. The lowest BCUT2D eigenvalue weighted by molar-refractivity contribution is -0.137. The van der Waals surface area contributed by atoms with Gasteiger partial charge in [0.15, 0.2) is 0 Å². The van der Waals surface area contributed by atoms with E-state index in [-0.39, 0.29) is 0 Å². The molecule has 1 aromatic heterocycles. The lowest BCUT2D eigenvalue weighted by Gasteiger charge is -2.07. The Morgan fingerprint density at radius 2 is 1.88 bits per heavy atom. The van der Waals surface area contributed by atoms with E-state index in [1.165, 1.54) is 12.1 Å². The number of halogens is 3. The minimum atomic E-state index is -4.27. The van der Waals surface area contributed by atoms with Crippen molar-refractivity contribution in [2.24, 2.45) is 0 Å². The van der Waals surface area contributed by atoms with Crippen molar-refractivity contribution in [2.75, 3.05) is 0 Å². The second kappa shape index (κ2) is 3.54. The fourth-order valence-corrected chi connectivity index (χ4v) is 2.00. The Kier molecular flexibility index (Phi) is 2.45. The molecule has 2 aromatic rings. The van der Waals surface area contributed by atoms with Gasteiger partial charge in [-0.05, 0) is 38.1 Å². The van der Waals surface area contributed by atoms with Crippen molar-refractivity contribution < 1.29 is 13.2 Å². The zero-order valence-electron chi connectivity index (χ0n) is 9.10. The molecule has 0 radical (unpaired) electrons. The Balaban J connectivity index is 2.65. The van der Waals surface area contributed by atoms with Crippen LogP contribution in [0.2, 0.25) is 0 Å². The Morgan fingerprint density at radius 3 is 2.44 bits per heavy atom. The molecule has 1 aromatic carbocycles. The highest BCUT2D eigenvalue weighted by atomic mass is 19.4. The average molecular weight is 227 g/mol. The SMILES string of the molecule is CCn1c(C)cc2cc(C(F)(F)F)ccc21. The monoisotopic (exact) mass is 227 g/mol. The molecule has 0 amide bonds. The maximum absolute atomic E-state index is 12.5. The van der Waals surface area contributed by atoms with Gasteiger partial charge in [-0.15, -0.1) is 0 Å². The van der Waals surface area contributed by atoms with Crippen LogP contribution in [0.5, 0.6) is 0 Å². The molecule has 86 valence electrons. The first-order valence-corrected chi connectivity index (χ1v) is 5.10. The lowest BCUT2D eigenvalue weighted by Crippen LogP contribution is -2.04. The van der Waals surface area contributed by atoms with Gasteiger partial charge in [-0.1, -0.05) is 0 Å². The second-order valence-electron chi connectivity index (χ2n) is 3.80. The van der Waals surface area contributed by atoms with Gasteiger partial charge in [-0.25, -0.2) is 0 Å². The molecule has 0 aliphatic carbocycles. The number of aromatic nitrogens is 1. The standard InChI is InChI=1S/C12H12F3N/c1-3-16-8(2)6-9-7-10(12(13,14)15)4-5-11(9)16/h4-7H,3H2,1-2H3.